The van der Waals surface area contributed by atoms with Gasteiger partial charge in [0.2, 0.25) is 11.8 Å². The minimum atomic E-state index is -0.133. The highest BCUT2D eigenvalue weighted by Crippen LogP contribution is 2.09. The summed E-state index contributed by atoms with van der Waals surface area (Å²) in [7, 11) is 0. The number of amides is 2. The van der Waals surface area contributed by atoms with Crippen molar-refractivity contribution in [3.05, 3.63) is 40.9 Å². The molecule has 7 heteroatoms. The summed E-state index contributed by atoms with van der Waals surface area (Å²) in [5, 5.41) is 3.39. The first-order valence-electron chi connectivity index (χ1n) is 8.64. The van der Waals surface area contributed by atoms with Gasteiger partial charge in [-0.25, -0.2) is 4.98 Å². The van der Waals surface area contributed by atoms with Gasteiger partial charge in [-0.05, 0) is 25.0 Å². The maximum atomic E-state index is 12.3. The highest BCUT2D eigenvalue weighted by Gasteiger charge is 2.19. The van der Waals surface area contributed by atoms with E-state index in [1.165, 1.54) is 10.9 Å². The smallest absolute Gasteiger partial charge is 0.261 e. The Kier molecular flexibility index (Phi) is 5.42. The summed E-state index contributed by atoms with van der Waals surface area (Å²) >= 11 is 0. The number of rotatable bonds is 7. The average molecular weight is 342 g/mol. The van der Waals surface area contributed by atoms with Crippen molar-refractivity contribution in [2.75, 3.05) is 19.6 Å². The normalized spacial score (nSPS) is 14.2. The predicted molar refractivity (Wildman–Crippen MR) is 94.1 cm³/mol. The molecular weight excluding hydrogens is 320 g/mol. The first kappa shape index (κ1) is 17.1. The SMILES string of the molecule is O=C(CCn1cnc2ccccc2c1=O)NCCCN1CCCC1=O. The molecule has 1 aliphatic rings. The molecule has 1 aromatic heterocycles. The first-order chi connectivity index (χ1) is 12.1. The minimum absolute atomic E-state index is 0.104. The molecule has 2 aromatic rings. The molecule has 7 nitrogen and oxygen atoms in total. The van der Waals surface area contributed by atoms with Crippen LogP contribution < -0.4 is 10.9 Å². The quantitative estimate of drug-likeness (QED) is 0.758. The Morgan fingerprint density at radius 2 is 2.04 bits per heavy atom. The van der Waals surface area contributed by atoms with Crippen LogP contribution in [0.4, 0.5) is 0 Å². The van der Waals surface area contributed by atoms with Crippen LogP contribution in [0.1, 0.15) is 25.7 Å². The molecule has 0 aliphatic carbocycles. The molecule has 0 spiro atoms. The summed E-state index contributed by atoms with van der Waals surface area (Å²) < 4.78 is 1.46. The average Bonchev–Trinajstić information content (AvgIpc) is 3.03. The van der Waals surface area contributed by atoms with E-state index in [1.807, 2.05) is 11.0 Å². The van der Waals surface area contributed by atoms with E-state index < -0.39 is 0 Å². The van der Waals surface area contributed by atoms with Gasteiger partial charge in [0.05, 0.1) is 17.2 Å². The number of aromatic nitrogens is 2. The number of carbonyl (C=O) groups is 2. The highest BCUT2D eigenvalue weighted by molar-refractivity contribution is 5.78. The van der Waals surface area contributed by atoms with E-state index >= 15 is 0 Å². The zero-order chi connectivity index (χ0) is 17.6. The van der Waals surface area contributed by atoms with Crippen LogP contribution in [0.25, 0.3) is 10.9 Å². The number of aryl methyl sites for hydroxylation is 1. The van der Waals surface area contributed by atoms with E-state index in [0.717, 1.165) is 19.4 Å². The second-order valence-corrected chi connectivity index (χ2v) is 6.20. The molecule has 2 heterocycles. The number of para-hydroxylation sites is 1. The van der Waals surface area contributed by atoms with Gasteiger partial charge in [0, 0.05) is 39.0 Å². The number of nitrogens with zero attached hydrogens (tertiary/aromatic N) is 3. The molecule has 0 saturated carbocycles. The lowest BCUT2D eigenvalue weighted by Gasteiger charge is -2.15. The Bertz CT molecular complexity index is 830. The van der Waals surface area contributed by atoms with Crippen molar-refractivity contribution >= 4 is 22.7 Å². The van der Waals surface area contributed by atoms with Crippen LogP contribution >= 0.6 is 0 Å². The van der Waals surface area contributed by atoms with Crippen LogP contribution in [-0.4, -0.2) is 45.9 Å². The van der Waals surface area contributed by atoms with Gasteiger partial charge in [0.1, 0.15) is 0 Å². The largest absolute Gasteiger partial charge is 0.356 e. The van der Waals surface area contributed by atoms with Gasteiger partial charge in [-0.3, -0.25) is 19.0 Å². The lowest BCUT2D eigenvalue weighted by atomic mass is 10.2. The lowest BCUT2D eigenvalue weighted by molar-refractivity contribution is -0.127. The van der Waals surface area contributed by atoms with E-state index in [4.69, 9.17) is 0 Å². The molecule has 1 saturated heterocycles. The predicted octanol–water partition coefficient (Wildman–Crippen LogP) is 0.915. The Morgan fingerprint density at radius 3 is 2.84 bits per heavy atom. The van der Waals surface area contributed by atoms with Crippen LogP contribution in [-0.2, 0) is 16.1 Å². The fourth-order valence-corrected chi connectivity index (χ4v) is 3.01. The number of carbonyl (C=O) groups excluding carboxylic acids is 2. The molecular formula is C18H22N4O3. The summed E-state index contributed by atoms with van der Waals surface area (Å²) in [5.41, 5.74) is 0.524. The van der Waals surface area contributed by atoms with Gasteiger partial charge in [-0.15, -0.1) is 0 Å². The number of likely N-dealkylation sites (tertiary alicyclic amines) is 1. The fraction of sp³-hybridized carbons (Fsp3) is 0.444. The summed E-state index contributed by atoms with van der Waals surface area (Å²) in [4.78, 5) is 41.8. The first-order valence-corrected chi connectivity index (χ1v) is 8.64. The molecule has 0 radical (unpaired) electrons. The summed E-state index contributed by atoms with van der Waals surface area (Å²) in [6, 6.07) is 7.16. The van der Waals surface area contributed by atoms with Crippen molar-refractivity contribution < 1.29 is 9.59 Å². The van der Waals surface area contributed by atoms with Gasteiger partial charge < -0.3 is 10.2 Å². The number of fused-ring (bicyclic) bond motifs is 1. The molecule has 0 atom stereocenters. The van der Waals surface area contributed by atoms with Crippen molar-refractivity contribution in [1.82, 2.24) is 19.8 Å². The summed E-state index contributed by atoms with van der Waals surface area (Å²) in [6.07, 6.45) is 4.02. The van der Waals surface area contributed by atoms with Crippen LogP contribution in [0.15, 0.2) is 35.4 Å². The van der Waals surface area contributed by atoms with Gasteiger partial charge >= 0.3 is 0 Å². The van der Waals surface area contributed by atoms with Gasteiger partial charge in [0.15, 0.2) is 0 Å². The fourth-order valence-electron chi connectivity index (χ4n) is 3.01. The molecule has 132 valence electrons. The van der Waals surface area contributed by atoms with Crippen LogP contribution in [0, 0.1) is 0 Å². The maximum Gasteiger partial charge on any atom is 0.261 e. The van der Waals surface area contributed by atoms with E-state index in [2.05, 4.69) is 10.3 Å². The number of benzene rings is 1. The monoisotopic (exact) mass is 342 g/mol. The maximum absolute atomic E-state index is 12.3. The van der Waals surface area contributed by atoms with E-state index in [0.29, 0.717) is 37.0 Å². The highest BCUT2D eigenvalue weighted by atomic mass is 16.2. The molecule has 1 fully saturated rings. The van der Waals surface area contributed by atoms with Crippen molar-refractivity contribution in [3.63, 3.8) is 0 Å². The molecule has 1 aromatic carbocycles. The van der Waals surface area contributed by atoms with E-state index in [-0.39, 0.29) is 23.8 Å². The number of nitrogens with one attached hydrogen (secondary N) is 1. The third-order valence-electron chi connectivity index (χ3n) is 4.41. The molecule has 3 rings (SSSR count). The standard InChI is InChI=1S/C18H22N4O3/c23-16(19-9-4-11-21-10-3-7-17(21)24)8-12-22-13-20-15-6-2-1-5-14(15)18(22)25/h1-2,5-6,13H,3-4,7-12H2,(H,19,23). The number of hydrogen-bond acceptors (Lipinski definition) is 4. The molecule has 2 amide bonds. The van der Waals surface area contributed by atoms with Crippen molar-refractivity contribution in [2.45, 2.75) is 32.2 Å². The minimum Gasteiger partial charge on any atom is -0.356 e. The molecule has 25 heavy (non-hydrogen) atoms. The van der Waals surface area contributed by atoms with Crippen LogP contribution in [0.2, 0.25) is 0 Å². The van der Waals surface area contributed by atoms with E-state index in [9.17, 15) is 14.4 Å². The van der Waals surface area contributed by atoms with Gasteiger partial charge in [-0.1, -0.05) is 12.1 Å². The number of hydrogen-bond donors (Lipinski definition) is 1. The molecule has 1 N–H and O–H groups in total. The van der Waals surface area contributed by atoms with Crippen molar-refractivity contribution in [2.24, 2.45) is 0 Å². The lowest BCUT2D eigenvalue weighted by Crippen LogP contribution is -2.31. The zero-order valence-electron chi connectivity index (χ0n) is 14.1. The van der Waals surface area contributed by atoms with Crippen molar-refractivity contribution in [1.29, 1.82) is 0 Å². The van der Waals surface area contributed by atoms with Crippen LogP contribution in [0.3, 0.4) is 0 Å². The Morgan fingerprint density at radius 1 is 1.20 bits per heavy atom. The Balaban J connectivity index is 1.44. The van der Waals surface area contributed by atoms with Gasteiger partial charge in [-0.2, -0.15) is 0 Å². The molecule has 0 unspecified atom stereocenters. The Labute approximate surface area is 145 Å². The zero-order valence-corrected chi connectivity index (χ0v) is 14.1. The molecule has 0 bridgehead atoms. The third kappa shape index (κ3) is 4.23. The Hall–Kier alpha value is -2.70. The van der Waals surface area contributed by atoms with Gasteiger partial charge in [0.25, 0.3) is 5.56 Å². The van der Waals surface area contributed by atoms with E-state index in [1.54, 1.807) is 18.2 Å². The summed E-state index contributed by atoms with van der Waals surface area (Å²) in [6.45, 7) is 2.35. The second-order valence-electron chi connectivity index (χ2n) is 6.20. The van der Waals surface area contributed by atoms with Crippen LogP contribution in [0.5, 0.6) is 0 Å². The topological polar surface area (TPSA) is 84.3 Å². The summed E-state index contributed by atoms with van der Waals surface area (Å²) in [5.74, 6) is 0.0994. The second kappa shape index (κ2) is 7.92. The van der Waals surface area contributed by atoms with Crippen molar-refractivity contribution in [3.8, 4) is 0 Å². The molecule has 1 aliphatic heterocycles. The third-order valence-corrected chi connectivity index (χ3v) is 4.41.